The molecular formula is C17H14N4O7S2. The predicted molar refractivity (Wildman–Crippen MR) is 105 cm³/mol. The van der Waals surface area contributed by atoms with Crippen molar-refractivity contribution in [3.8, 4) is 0 Å². The molecule has 0 saturated carbocycles. The van der Waals surface area contributed by atoms with Crippen molar-refractivity contribution in [1.29, 1.82) is 0 Å². The van der Waals surface area contributed by atoms with Crippen LogP contribution in [0.4, 0.5) is 10.5 Å². The van der Waals surface area contributed by atoms with Crippen molar-refractivity contribution in [2.75, 3.05) is 0 Å². The van der Waals surface area contributed by atoms with Gasteiger partial charge in [0.2, 0.25) is 15.8 Å². The van der Waals surface area contributed by atoms with Crippen molar-refractivity contribution < 1.29 is 31.2 Å². The standard InChI is InChI=1S/C17H14N4O7S2/c18-17(24)21-30(27,28)10-6-4-9(5-7-10)20-12-8-13(22)15-11(16(12)23)2-1-3-14(15)29(19,25)26/h1-7H,8H2,(H3,18,21,24)(H2,19,25,26). The van der Waals surface area contributed by atoms with Gasteiger partial charge >= 0.3 is 6.03 Å². The Bertz CT molecular complexity index is 1330. The van der Waals surface area contributed by atoms with Gasteiger partial charge in [0, 0.05) is 11.1 Å². The highest BCUT2D eigenvalue weighted by Gasteiger charge is 2.33. The zero-order valence-electron chi connectivity index (χ0n) is 15.0. The van der Waals surface area contributed by atoms with Gasteiger partial charge in [-0.1, -0.05) is 12.1 Å². The maximum absolute atomic E-state index is 12.7. The highest BCUT2D eigenvalue weighted by molar-refractivity contribution is 7.90. The van der Waals surface area contributed by atoms with E-state index < -0.39 is 49.0 Å². The number of fused-ring (bicyclic) bond motifs is 1. The lowest BCUT2D eigenvalue weighted by molar-refractivity contribution is 0.0962. The summed E-state index contributed by atoms with van der Waals surface area (Å²) in [6, 6.07) is 7.26. The van der Waals surface area contributed by atoms with E-state index in [1.807, 2.05) is 0 Å². The van der Waals surface area contributed by atoms with Crippen molar-refractivity contribution in [1.82, 2.24) is 4.72 Å². The summed E-state index contributed by atoms with van der Waals surface area (Å²) in [6.07, 6.45) is -0.457. The van der Waals surface area contributed by atoms with Crippen molar-refractivity contribution in [2.45, 2.75) is 16.2 Å². The Kier molecular flexibility index (Phi) is 5.28. The number of primary sulfonamides is 1. The van der Waals surface area contributed by atoms with Crippen LogP contribution in [0.2, 0.25) is 0 Å². The second-order valence-electron chi connectivity index (χ2n) is 6.17. The molecule has 30 heavy (non-hydrogen) atoms. The lowest BCUT2D eigenvalue weighted by Crippen LogP contribution is -2.34. The number of primary amides is 1. The van der Waals surface area contributed by atoms with Gasteiger partial charge in [0.05, 0.1) is 27.6 Å². The van der Waals surface area contributed by atoms with Crippen LogP contribution in [-0.4, -0.2) is 40.1 Å². The van der Waals surface area contributed by atoms with Crippen LogP contribution in [0.25, 0.3) is 0 Å². The van der Waals surface area contributed by atoms with E-state index in [4.69, 9.17) is 10.9 Å². The number of Topliss-reactive ketones (excluding diaryl/α,β-unsaturated/α-hetero) is 2. The molecule has 0 heterocycles. The smallest absolute Gasteiger partial charge is 0.326 e. The molecule has 0 unspecified atom stereocenters. The third-order valence-corrected chi connectivity index (χ3v) is 6.41. The number of hydrogen-bond donors (Lipinski definition) is 3. The van der Waals surface area contributed by atoms with Crippen LogP contribution in [0.5, 0.6) is 0 Å². The molecule has 0 aliphatic heterocycles. The molecule has 0 spiro atoms. The zero-order valence-corrected chi connectivity index (χ0v) is 16.7. The van der Waals surface area contributed by atoms with E-state index in [9.17, 15) is 31.2 Å². The normalized spacial score (nSPS) is 15.7. The molecule has 3 rings (SSSR count). The molecule has 0 atom stereocenters. The fourth-order valence-corrected chi connectivity index (χ4v) is 4.51. The van der Waals surface area contributed by atoms with E-state index in [0.717, 1.165) is 18.2 Å². The van der Waals surface area contributed by atoms with Gasteiger partial charge in [-0.25, -0.2) is 36.5 Å². The number of sulfonamides is 2. The van der Waals surface area contributed by atoms with Crippen LogP contribution in [0, 0.1) is 0 Å². The monoisotopic (exact) mass is 450 g/mol. The van der Waals surface area contributed by atoms with E-state index >= 15 is 0 Å². The first-order valence-corrected chi connectivity index (χ1v) is 11.2. The molecule has 2 amide bonds. The molecule has 1 aliphatic carbocycles. The van der Waals surface area contributed by atoms with Crippen molar-refractivity contribution >= 4 is 49.0 Å². The van der Waals surface area contributed by atoms with Crippen LogP contribution in [-0.2, 0) is 20.0 Å². The summed E-state index contributed by atoms with van der Waals surface area (Å²) in [7, 11) is -8.36. The summed E-state index contributed by atoms with van der Waals surface area (Å²) in [5, 5.41) is 5.12. The van der Waals surface area contributed by atoms with Gasteiger partial charge in [-0.05, 0) is 30.3 Å². The molecule has 0 bridgehead atoms. The van der Waals surface area contributed by atoms with Crippen LogP contribution in [0.1, 0.15) is 27.1 Å². The van der Waals surface area contributed by atoms with E-state index in [-0.39, 0.29) is 27.4 Å². The molecule has 0 aromatic heterocycles. The highest BCUT2D eigenvalue weighted by atomic mass is 32.2. The van der Waals surface area contributed by atoms with E-state index in [1.54, 1.807) is 4.72 Å². The molecule has 2 aromatic carbocycles. The number of hydrogen-bond acceptors (Lipinski definition) is 8. The molecule has 13 heteroatoms. The molecule has 156 valence electrons. The second-order valence-corrected chi connectivity index (χ2v) is 9.39. The average molecular weight is 450 g/mol. The summed E-state index contributed by atoms with van der Waals surface area (Å²) in [6.45, 7) is 0. The summed E-state index contributed by atoms with van der Waals surface area (Å²) in [5.74, 6) is -1.29. The van der Waals surface area contributed by atoms with Crippen LogP contribution < -0.4 is 15.6 Å². The molecule has 0 radical (unpaired) electrons. The number of ketones is 2. The number of rotatable bonds is 4. The van der Waals surface area contributed by atoms with E-state index in [0.29, 0.717) is 0 Å². The average Bonchev–Trinajstić information content (AvgIpc) is 2.64. The first kappa shape index (κ1) is 21.3. The van der Waals surface area contributed by atoms with Gasteiger partial charge in [-0.15, -0.1) is 0 Å². The van der Waals surface area contributed by atoms with Gasteiger partial charge in [-0.3, -0.25) is 9.59 Å². The fourth-order valence-electron chi connectivity index (χ4n) is 2.86. The lowest BCUT2D eigenvalue weighted by Gasteiger charge is -2.18. The van der Waals surface area contributed by atoms with Gasteiger partial charge in [0.1, 0.15) is 0 Å². The van der Waals surface area contributed by atoms with E-state index in [1.165, 1.54) is 24.3 Å². The fraction of sp³-hybridized carbons (Fsp3) is 0.0588. The largest absolute Gasteiger partial charge is 0.351 e. The van der Waals surface area contributed by atoms with Gasteiger partial charge in [0.15, 0.2) is 5.78 Å². The minimum absolute atomic E-state index is 0.138. The number of aliphatic imine (C=N–C) groups is 1. The van der Waals surface area contributed by atoms with Crippen LogP contribution in [0.3, 0.4) is 0 Å². The highest BCUT2D eigenvalue weighted by Crippen LogP contribution is 2.27. The number of nitrogens with zero attached hydrogens (tertiary/aromatic N) is 1. The molecule has 2 aromatic rings. The number of nitrogens with two attached hydrogens (primary N) is 2. The first-order chi connectivity index (χ1) is 13.9. The Hall–Kier alpha value is -3.42. The zero-order chi connectivity index (χ0) is 22.3. The third kappa shape index (κ3) is 4.12. The van der Waals surface area contributed by atoms with E-state index in [2.05, 4.69) is 4.99 Å². The summed E-state index contributed by atoms with van der Waals surface area (Å²) < 4.78 is 48.8. The minimum atomic E-state index is -4.21. The Morgan fingerprint density at radius 1 is 1.00 bits per heavy atom. The Labute approximate surface area is 170 Å². The van der Waals surface area contributed by atoms with Crippen molar-refractivity contribution in [2.24, 2.45) is 15.9 Å². The molecule has 0 saturated heterocycles. The SMILES string of the molecule is NC(=O)NS(=O)(=O)c1ccc(N=C2CC(=O)c3c(cccc3S(N)(=O)=O)C2=O)cc1. The summed E-state index contributed by atoms with van der Waals surface area (Å²) in [4.78, 5) is 39.4. The van der Waals surface area contributed by atoms with Crippen molar-refractivity contribution in [3.05, 3.63) is 53.6 Å². The Balaban J connectivity index is 1.98. The summed E-state index contributed by atoms with van der Waals surface area (Å²) in [5.41, 5.74) is 4.41. The maximum Gasteiger partial charge on any atom is 0.326 e. The maximum atomic E-state index is 12.7. The molecule has 11 nitrogen and oxygen atoms in total. The molecular weight excluding hydrogens is 436 g/mol. The number of nitrogens with one attached hydrogen (secondary N) is 1. The predicted octanol–water partition coefficient (Wildman–Crippen LogP) is 0.233. The molecule has 5 N–H and O–H groups in total. The number of urea groups is 1. The molecule has 0 fully saturated rings. The van der Waals surface area contributed by atoms with Gasteiger partial charge in [-0.2, -0.15) is 0 Å². The quantitative estimate of drug-likeness (QED) is 0.592. The van der Waals surface area contributed by atoms with Gasteiger partial charge < -0.3 is 5.73 Å². The van der Waals surface area contributed by atoms with Crippen LogP contribution >= 0.6 is 0 Å². The number of amides is 2. The summed E-state index contributed by atoms with van der Waals surface area (Å²) >= 11 is 0. The van der Waals surface area contributed by atoms with Crippen molar-refractivity contribution in [3.63, 3.8) is 0 Å². The topological polar surface area (TPSA) is 196 Å². The Morgan fingerprint density at radius 2 is 1.63 bits per heavy atom. The number of carbonyl (C=O) groups is 3. The van der Waals surface area contributed by atoms with Crippen LogP contribution in [0.15, 0.2) is 57.2 Å². The third-order valence-electron chi connectivity index (χ3n) is 4.09. The minimum Gasteiger partial charge on any atom is -0.351 e. The van der Waals surface area contributed by atoms with Gasteiger partial charge in [0.25, 0.3) is 10.0 Å². The first-order valence-electron chi connectivity index (χ1n) is 8.14. The molecule has 1 aliphatic rings. The lowest BCUT2D eigenvalue weighted by atomic mass is 9.88. The number of carbonyl (C=O) groups excluding carboxylic acids is 3. The second kappa shape index (κ2) is 7.44. The Morgan fingerprint density at radius 3 is 2.20 bits per heavy atom. The number of benzene rings is 2.